The maximum atomic E-state index is 13.0. The van der Waals surface area contributed by atoms with Crippen LogP contribution in [0.1, 0.15) is 43.9 Å². The molecule has 1 aromatic carbocycles. The van der Waals surface area contributed by atoms with E-state index in [9.17, 15) is 13.2 Å². The summed E-state index contributed by atoms with van der Waals surface area (Å²) in [5, 5.41) is 0. The summed E-state index contributed by atoms with van der Waals surface area (Å²) in [5.74, 6) is 2.24. The first kappa shape index (κ1) is 13.6. The van der Waals surface area contributed by atoms with Crippen molar-refractivity contribution in [3.8, 4) is 12.3 Å². The Balaban J connectivity index is 3.47. The number of rotatable bonds is 2. The van der Waals surface area contributed by atoms with Gasteiger partial charge in [0.2, 0.25) is 0 Å². The third-order valence-electron chi connectivity index (χ3n) is 3.10. The zero-order chi connectivity index (χ0) is 13.3. The van der Waals surface area contributed by atoms with Crippen LogP contribution in [0.4, 0.5) is 13.2 Å². The second kappa shape index (κ2) is 4.44. The first-order valence-corrected chi connectivity index (χ1v) is 5.40. The van der Waals surface area contributed by atoms with Gasteiger partial charge in [-0.2, -0.15) is 13.2 Å². The average Bonchev–Trinajstić information content (AvgIpc) is 2.27. The summed E-state index contributed by atoms with van der Waals surface area (Å²) in [6, 6.07) is 4.09. The molecule has 0 fully saturated rings. The monoisotopic (exact) mass is 240 g/mol. The lowest BCUT2D eigenvalue weighted by molar-refractivity contribution is -0.138. The van der Waals surface area contributed by atoms with Crippen LogP contribution < -0.4 is 0 Å². The zero-order valence-electron chi connectivity index (χ0n) is 10.2. The molecule has 0 unspecified atom stereocenters. The van der Waals surface area contributed by atoms with Gasteiger partial charge in [0.1, 0.15) is 0 Å². The first-order chi connectivity index (χ1) is 7.72. The second-order valence-electron chi connectivity index (χ2n) is 4.64. The fraction of sp³-hybridized carbons (Fsp3) is 0.429. The van der Waals surface area contributed by atoms with Crippen molar-refractivity contribution in [3.63, 3.8) is 0 Å². The van der Waals surface area contributed by atoms with Crippen LogP contribution in [0.25, 0.3) is 0 Å². The van der Waals surface area contributed by atoms with Gasteiger partial charge in [-0.1, -0.05) is 32.8 Å². The fourth-order valence-corrected chi connectivity index (χ4v) is 1.65. The van der Waals surface area contributed by atoms with Crippen LogP contribution in [0, 0.1) is 12.3 Å². The average molecular weight is 240 g/mol. The van der Waals surface area contributed by atoms with Crippen molar-refractivity contribution in [2.75, 3.05) is 0 Å². The highest BCUT2D eigenvalue weighted by atomic mass is 19.4. The summed E-state index contributed by atoms with van der Waals surface area (Å²) in [6.07, 6.45) is 1.40. The van der Waals surface area contributed by atoms with E-state index < -0.39 is 17.2 Å². The highest BCUT2D eigenvalue weighted by Crippen LogP contribution is 2.39. The van der Waals surface area contributed by atoms with Crippen molar-refractivity contribution in [2.45, 2.75) is 38.8 Å². The van der Waals surface area contributed by atoms with E-state index in [1.165, 1.54) is 6.07 Å². The summed E-state index contributed by atoms with van der Waals surface area (Å²) in [5.41, 5.74) is -0.586. The van der Waals surface area contributed by atoms with Gasteiger partial charge in [0.25, 0.3) is 0 Å². The number of halogens is 3. The molecule has 17 heavy (non-hydrogen) atoms. The van der Waals surface area contributed by atoms with Crippen molar-refractivity contribution in [1.82, 2.24) is 0 Å². The van der Waals surface area contributed by atoms with E-state index in [1.54, 1.807) is 19.9 Å². The van der Waals surface area contributed by atoms with E-state index in [2.05, 4.69) is 5.92 Å². The van der Waals surface area contributed by atoms with E-state index >= 15 is 0 Å². The van der Waals surface area contributed by atoms with Crippen LogP contribution in [-0.2, 0) is 11.6 Å². The Bertz CT molecular complexity index is 448. The molecule has 1 rings (SSSR count). The van der Waals surface area contributed by atoms with Crippen LogP contribution in [-0.4, -0.2) is 0 Å². The maximum absolute atomic E-state index is 13.0. The van der Waals surface area contributed by atoms with Crippen molar-refractivity contribution in [2.24, 2.45) is 0 Å². The highest BCUT2D eigenvalue weighted by Gasteiger charge is 2.37. The SMILES string of the molecule is C#Cc1ccc(C(C)(C)CC)c(C(F)(F)F)c1. The number of benzene rings is 1. The van der Waals surface area contributed by atoms with Crippen LogP contribution in [0.2, 0.25) is 0 Å². The molecule has 0 aromatic heterocycles. The topological polar surface area (TPSA) is 0 Å². The molecule has 3 heteroatoms. The van der Waals surface area contributed by atoms with Crippen LogP contribution in [0.5, 0.6) is 0 Å². The second-order valence-corrected chi connectivity index (χ2v) is 4.64. The number of terminal acetylenes is 1. The molecule has 0 aliphatic heterocycles. The summed E-state index contributed by atoms with van der Waals surface area (Å²) in [6.45, 7) is 5.47. The van der Waals surface area contributed by atoms with Crippen LogP contribution in [0.15, 0.2) is 18.2 Å². The summed E-state index contributed by atoms with van der Waals surface area (Å²) >= 11 is 0. The minimum absolute atomic E-state index is 0.257. The molecular formula is C14H15F3. The Labute approximate surface area is 99.8 Å². The molecule has 92 valence electrons. The molecule has 1 aromatic rings. The molecule has 0 N–H and O–H groups in total. The minimum Gasteiger partial charge on any atom is -0.166 e. The molecule has 0 saturated heterocycles. The molecule has 0 atom stereocenters. The predicted octanol–water partition coefficient (Wildman–Crippen LogP) is 4.37. The summed E-state index contributed by atoms with van der Waals surface area (Å²) in [4.78, 5) is 0. The molecule has 0 aliphatic carbocycles. The van der Waals surface area contributed by atoms with Gasteiger partial charge in [-0.15, -0.1) is 6.42 Å². The van der Waals surface area contributed by atoms with E-state index in [-0.39, 0.29) is 5.56 Å². The number of hydrogen-bond donors (Lipinski definition) is 0. The van der Waals surface area contributed by atoms with Gasteiger partial charge in [-0.3, -0.25) is 0 Å². The fourth-order valence-electron chi connectivity index (χ4n) is 1.65. The standard InChI is InChI=1S/C14H15F3/c1-5-10-7-8-11(13(3,4)6-2)12(9-10)14(15,16)17/h1,7-9H,6H2,2-4H3. The van der Waals surface area contributed by atoms with Crippen molar-refractivity contribution < 1.29 is 13.2 Å². The lowest BCUT2D eigenvalue weighted by atomic mass is 9.79. The van der Waals surface area contributed by atoms with Gasteiger partial charge >= 0.3 is 6.18 Å². The zero-order valence-corrected chi connectivity index (χ0v) is 10.2. The Morgan fingerprint density at radius 3 is 2.18 bits per heavy atom. The Morgan fingerprint density at radius 1 is 1.18 bits per heavy atom. The first-order valence-electron chi connectivity index (χ1n) is 5.40. The molecule has 0 amide bonds. The predicted molar refractivity (Wildman–Crippen MR) is 62.7 cm³/mol. The summed E-state index contributed by atoms with van der Waals surface area (Å²) < 4.78 is 38.9. The summed E-state index contributed by atoms with van der Waals surface area (Å²) in [7, 11) is 0. The van der Waals surface area contributed by atoms with E-state index in [0.717, 1.165) is 6.07 Å². The van der Waals surface area contributed by atoms with Crippen LogP contribution >= 0.6 is 0 Å². The van der Waals surface area contributed by atoms with Gasteiger partial charge in [-0.25, -0.2) is 0 Å². The minimum atomic E-state index is -4.37. The third kappa shape index (κ3) is 2.82. The number of hydrogen-bond acceptors (Lipinski definition) is 0. The van der Waals surface area contributed by atoms with Gasteiger partial charge in [0, 0.05) is 5.56 Å². The molecule has 0 saturated carbocycles. The van der Waals surface area contributed by atoms with Gasteiger partial charge < -0.3 is 0 Å². The Kier molecular flexibility index (Phi) is 3.56. The van der Waals surface area contributed by atoms with Crippen molar-refractivity contribution in [1.29, 1.82) is 0 Å². The van der Waals surface area contributed by atoms with Crippen molar-refractivity contribution >= 4 is 0 Å². The van der Waals surface area contributed by atoms with E-state index in [4.69, 9.17) is 6.42 Å². The number of alkyl halides is 3. The molecule has 0 radical (unpaired) electrons. The smallest absolute Gasteiger partial charge is 0.166 e. The van der Waals surface area contributed by atoms with Crippen molar-refractivity contribution in [3.05, 3.63) is 34.9 Å². The van der Waals surface area contributed by atoms with E-state index in [1.807, 2.05) is 6.92 Å². The molecule has 0 spiro atoms. The van der Waals surface area contributed by atoms with E-state index in [0.29, 0.717) is 12.0 Å². The van der Waals surface area contributed by atoms with Gasteiger partial charge in [0.05, 0.1) is 5.56 Å². The molecule has 0 aliphatic rings. The maximum Gasteiger partial charge on any atom is 0.416 e. The molecule has 0 bridgehead atoms. The quantitative estimate of drug-likeness (QED) is 0.673. The molecular weight excluding hydrogens is 225 g/mol. The Morgan fingerprint density at radius 2 is 1.76 bits per heavy atom. The molecule has 0 nitrogen and oxygen atoms in total. The lowest BCUT2D eigenvalue weighted by Gasteiger charge is -2.27. The largest absolute Gasteiger partial charge is 0.416 e. The Hall–Kier alpha value is -1.43. The lowest BCUT2D eigenvalue weighted by Crippen LogP contribution is -2.22. The highest BCUT2D eigenvalue weighted by molar-refractivity contribution is 5.44. The molecule has 0 heterocycles. The normalized spacial score (nSPS) is 12.3. The van der Waals surface area contributed by atoms with Gasteiger partial charge in [0.15, 0.2) is 0 Å². The third-order valence-corrected chi connectivity index (χ3v) is 3.10. The van der Waals surface area contributed by atoms with Crippen LogP contribution in [0.3, 0.4) is 0 Å². The van der Waals surface area contributed by atoms with Gasteiger partial charge in [-0.05, 0) is 29.5 Å².